The summed E-state index contributed by atoms with van der Waals surface area (Å²) in [5.41, 5.74) is 2.32. The molecule has 2 heterocycles. The predicted molar refractivity (Wildman–Crippen MR) is 102 cm³/mol. The zero-order chi connectivity index (χ0) is 19.2. The lowest BCUT2D eigenvalue weighted by atomic mass is 9.99. The summed E-state index contributed by atoms with van der Waals surface area (Å²) in [4.78, 5) is 29.8. The van der Waals surface area contributed by atoms with Crippen LogP contribution >= 0.6 is 0 Å². The standard InChI is InChI=1S/C21H24N2O4/c1-2-23(14-15-9-11-27-12-10-15)20(24)17-5-3-16(4-6-17)19-8-7-18(13-22-19)21(25)26/h3-8,13,15H,2,9-12,14H2,1H3,(H,25,26). The maximum absolute atomic E-state index is 12.8. The van der Waals surface area contributed by atoms with Crippen LogP contribution in [0.2, 0.25) is 0 Å². The Morgan fingerprint density at radius 3 is 2.33 bits per heavy atom. The third-order valence-corrected chi connectivity index (χ3v) is 4.93. The van der Waals surface area contributed by atoms with Gasteiger partial charge in [0, 0.05) is 43.6 Å². The number of ether oxygens (including phenoxy) is 1. The molecule has 27 heavy (non-hydrogen) atoms. The van der Waals surface area contributed by atoms with Crippen molar-refractivity contribution in [2.24, 2.45) is 5.92 Å². The predicted octanol–water partition coefficient (Wildman–Crippen LogP) is 3.34. The molecule has 142 valence electrons. The summed E-state index contributed by atoms with van der Waals surface area (Å²) in [7, 11) is 0. The average Bonchev–Trinajstić information content (AvgIpc) is 2.72. The second-order valence-corrected chi connectivity index (χ2v) is 6.71. The number of carbonyl (C=O) groups is 2. The molecule has 1 aromatic heterocycles. The molecular weight excluding hydrogens is 344 g/mol. The lowest BCUT2D eigenvalue weighted by molar-refractivity contribution is 0.0467. The van der Waals surface area contributed by atoms with Crippen molar-refractivity contribution in [3.05, 3.63) is 53.7 Å². The third kappa shape index (κ3) is 4.71. The van der Waals surface area contributed by atoms with Crippen molar-refractivity contribution in [2.75, 3.05) is 26.3 Å². The molecule has 3 rings (SSSR count). The minimum atomic E-state index is -1.00. The lowest BCUT2D eigenvalue weighted by Gasteiger charge is -2.29. The van der Waals surface area contributed by atoms with E-state index in [0.29, 0.717) is 23.7 Å². The summed E-state index contributed by atoms with van der Waals surface area (Å²) < 4.78 is 5.39. The molecule has 0 spiro atoms. The molecule has 0 aliphatic carbocycles. The molecule has 1 N–H and O–H groups in total. The van der Waals surface area contributed by atoms with Gasteiger partial charge >= 0.3 is 5.97 Å². The number of hydrogen-bond acceptors (Lipinski definition) is 4. The van der Waals surface area contributed by atoms with Gasteiger partial charge in [0.15, 0.2) is 0 Å². The number of amides is 1. The summed E-state index contributed by atoms with van der Waals surface area (Å²) in [6.07, 6.45) is 3.34. The smallest absolute Gasteiger partial charge is 0.337 e. The van der Waals surface area contributed by atoms with Gasteiger partial charge in [0.05, 0.1) is 11.3 Å². The number of aromatic nitrogens is 1. The molecule has 1 aliphatic heterocycles. The van der Waals surface area contributed by atoms with Gasteiger partial charge in [-0.1, -0.05) is 12.1 Å². The van der Waals surface area contributed by atoms with E-state index in [0.717, 1.165) is 38.2 Å². The minimum Gasteiger partial charge on any atom is -0.478 e. The van der Waals surface area contributed by atoms with Crippen LogP contribution in [-0.2, 0) is 4.74 Å². The fraction of sp³-hybridized carbons (Fsp3) is 0.381. The van der Waals surface area contributed by atoms with E-state index in [2.05, 4.69) is 4.98 Å². The number of nitrogens with zero attached hydrogens (tertiary/aromatic N) is 2. The van der Waals surface area contributed by atoms with E-state index in [1.54, 1.807) is 18.2 Å². The second kappa shape index (κ2) is 8.77. The van der Waals surface area contributed by atoms with Crippen LogP contribution in [-0.4, -0.2) is 53.2 Å². The van der Waals surface area contributed by atoms with Gasteiger partial charge in [0.25, 0.3) is 5.91 Å². The van der Waals surface area contributed by atoms with Gasteiger partial charge in [0.1, 0.15) is 0 Å². The van der Waals surface area contributed by atoms with Crippen LogP contribution in [0.3, 0.4) is 0 Å². The van der Waals surface area contributed by atoms with Crippen LogP contribution in [0.15, 0.2) is 42.6 Å². The minimum absolute atomic E-state index is 0.0322. The SMILES string of the molecule is CCN(CC1CCOCC1)C(=O)c1ccc(-c2ccc(C(=O)O)cn2)cc1. The first-order valence-electron chi connectivity index (χ1n) is 9.25. The third-order valence-electron chi connectivity index (χ3n) is 4.93. The molecule has 2 aromatic rings. The Bertz CT molecular complexity index is 781. The highest BCUT2D eigenvalue weighted by Gasteiger charge is 2.21. The molecule has 1 amide bonds. The largest absolute Gasteiger partial charge is 0.478 e. The van der Waals surface area contributed by atoms with Gasteiger partial charge in [-0.15, -0.1) is 0 Å². The van der Waals surface area contributed by atoms with Crippen LogP contribution in [0.1, 0.15) is 40.5 Å². The number of pyridine rings is 1. The van der Waals surface area contributed by atoms with Crippen molar-refractivity contribution >= 4 is 11.9 Å². The Labute approximate surface area is 158 Å². The van der Waals surface area contributed by atoms with Gasteiger partial charge in [-0.2, -0.15) is 0 Å². The van der Waals surface area contributed by atoms with E-state index in [1.807, 2.05) is 24.0 Å². The molecule has 0 radical (unpaired) electrons. The number of rotatable bonds is 6. The number of carboxylic acid groups (broad SMARTS) is 1. The molecule has 1 aromatic carbocycles. The molecule has 6 heteroatoms. The normalized spacial score (nSPS) is 14.7. The van der Waals surface area contributed by atoms with Gasteiger partial charge in [-0.25, -0.2) is 4.79 Å². The summed E-state index contributed by atoms with van der Waals surface area (Å²) >= 11 is 0. The van der Waals surface area contributed by atoms with Crippen LogP contribution in [0.4, 0.5) is 0 Å². The zero-order valence-electron chi connectivity index (χ0n) is 15.4. The van der Waals surface area contributed by atoms with E-state index in [9.17, 15) is 9.59 Å². The summed E-state index contributed by atoms with van der Waals surface area (Å²) in [6, 6.07) is 10.5. The topological polar surface area (TPSA) is 79.7 Å². The Morgan fingerprint density at radius 2 is 1.78 bits per heavy atom. The first kappa shape index (κ1) is 19.0. The van der Waals surface area contributed by atoms with Crippen molar-refractivity contribution in [3.63, 3.8) is 0 Å². The molecule has 0 unspecified atom stereocenters. The number of carbonyl (C=O) groups excluding carboxylic acids is 1. The molecule has 0 saturated carbocycles. The van der Waals surface area contributed by atoms with E-state index in [1.165, 1.54) is 12.3 Å². The first-order valence-corrected chi connectivity index (χ1v) is 9.25. The monoisotopic (exact) mass is 368 g/mol. The molecule has 1 fully saturated rings. The zero-order valence-corrected chi connectivity index (χ0v) is 15.4. The number of benzene rings is 1. The van der Waals surface area contributed by atoms with E-state index in [-0.39, 0.29) is 11.5 Å². The van der Waals surface area contributed by atoms with Crippen LogP contribution in [0.5, 0.6) is 0 Å². The summed E-state index contributed by atoms with van der Waals surface area (Å²) in [5.74, 6) is -0.470. The first-order chi connectivity index (χ1) is 13.1. The lowest BCUT2D eigenvalue weighted by Crippen LogP contribution is -2.37. The highest BCUT2D eigenvalue weighted by atomic mass is 16.5. The maximum atomic E-state index is 12.8. The van der Waals surface area contributed by atoms with Crippen molar-refractivity contribution in [2.45, 2.75) is 19.8 Å². The summed E-state index contributed by atoms with van der Waals surface area (Å²) in [5, 5.41) is 8.95. The van der Waals surface area contributed by atoms with Crippen molar-refractivity contribution in [1.82, 2.24) is 9.88 Å². The Kier molecular flexibility index (Phi) is 6.19. The number of carboxylic acids is 1. The Hall–Kier alpha value is -2.73. The number of hydrogen-bond donors (Lipinski definition) is 1. The molecular formula is C21H24N2O4. The average molecular weight is 368 g/mol. The van der Waals surface area contributed by atoms with Crippen LogP contribution in [0, 0.1) is 5.92 Å². The second-order valence-electron chi connectivity index (χ2n) is 6.71. The maximum Gasteiger partial charge on any atom is 0.337 e. The highest BCUT2D eigenvalue weighted by molar-refractivity contribution is 5.94. The molecule has 0 bridgehead atoms. The van der Waals surface area contributed by atoms with Crippen LogP contribution in [0.25, 0.3) is 11.3 Å². The molecule has 1 aliphatic rings. The molecule has 1 saturated heterocycles. The van der Waals surface area contributed by atoms with Gasteiger partial charge in [-0.3, -0.25) is 9.78 Å². The van der Waals surface area contributed by atoms with Crippen molar-refractivity contribution in [3.8, 4) is 11.3 Å². The van der Waals surface area contributed by atoms with E-state index in [4.69, 9.17) is 9.84 Å². The quantitative estimate of drug-likeness (QED) is 0.846. The van der Waals surface area contributed by atoms with Crippen molar-refractivity contribution in [1.29, 1.82) is 0 Å². The fourth-order valence-corrected chi connectivity index (χ4v) is 3.25. The van der Waals surface area contributed by atoms with E-state index < -0.39 is 5.97 Å². The van der Waals surface area contributed by atoms with Gasteiger partial charge < -0.3 is 14.7 Å². The highest BCUT2D eigenvalue weighted by Crippen LogP contribution is 2.20. The molecule has 0 atom stereocenters. The van der Waals surface area contributed by atoms with E-state index >= 15 is 0 Å². The Morgan fingerprint density at radius 1 is 1.11 bits per heavy atom. The Balaban J connectivity index is 1.69. The number of aromatic carboxylic acids is 1. The van der Waals surface area contributed by atoms with Gasteiger partial charge in [0.2, 0.25) is 0 Å². The molecule has 6 nitrogen and oxygen atoms in total. The summed E-state index contributed by atoms with van der Waals surface area (Å²) in [6.45, 7) is 4.99. The van der Waals surface area contributed by atoms with Gasteiger partial charge in [-0.05, 0) is 49.9 Å². The van der Waals surface area contributed by atoms with Crippen molar-refractivity contribution < 1.29 is 19.4 Å². The fourth-order valence-electron chi connectivity index (χ4n) is 3.25. The van der Waals surface area contributed by atoms with Crippen LogP contribution < -0.4 is 0 Å².